The topological polar surface area (TPSA) is 52.6 Å². The molecule has 1 aromatic carbocycles. The van der Waals surface area contributed by atoms with Crippen LogP contribution in [0.4, 0.5) is 5.69 Å². The van der Waals surface area contributed by atoms with Gasteiger partial charge < -0.3 is 10.4 Å². The molecule has 0 aliphatic heterocycles. The van der Waals surface area contributed by atoms with Crippen LogP contribution in [-0.4, -0.2) is 42.2 Å². The lowest BCUT2D eigenvalue weighted by atomic mass is 10.1. The number of carbonyl (C=O) groups is 1. The number of rotatable bonds is 5. The number of nitrogens with one attached hydrogen (secondary N) is 1. The van der Waals surface area contributed by atoms with Gasteiger partial charge in [-0.15, -0.1) is 0 Å². The number of nitrogens with zero attached hydrogens (tertiary/aromatic N) is 1. The molecule has 1 amide bonds. The molecule has 1 aliphatic carbocycles. The molecule has 0 saturated heterocycles. The molecule has 0 heterocycles. The van der Waals surface area contributed by atoms with Crippen LogP contribution in [0.3, 0.4) is 0 Å². The second-order valence-corrected chi connectivity index (χ2v) is 6.40. The molecular weight excluding hydrogens is 288 g/mol. The van der Waals surface area contributed by atoms with Crippen molar-refractivity contribution in [2.75, 3.05) is 25.5 Å². The Bertz CT molecular complexity index is 507. The van der Waals surface area contributed by atoms with Crippen LogP contribution in [0.2, 0.25) is 5.02 Å². The number of amides is 1. The Morgan fingerprint density at radius 2 is 2.24 bits per heavy atom. The summed E-state index contributed by atoms with van der Waals surface area (Å²) in [4.78, 5) is 14.0. The smallest absolute Gasteiger partial charge is 0.238 e. The molecule has 1 fully saturated rings. The first-order valence-corrected chi connectivity index (χ1v) is 7.76. The fourth-order valence-corrected chi connectivity index (χ4v) is 3.12. The number of aryl methyl sites for hydroxylation is 1. The van der Waals surface area contributed by atoms with E-state index in [9.17, 15) is 9.90 Å². The van der Waals surface area contributed by atoms with Gasteiger partial charge in [-0.25, -0.2) is 0 Å². The van der Waals surface area contributed by atoms with Crippen molar-refractivity contribution in [1.29, 1.82) is 0 Å². The second-order valence-electron chi connectivity index (χ2n) is 5.96. The molecule has 116 valence electrons. The number of carbonyl (C=O) groups excluding carboxylic acids is 1. The number of benzene rings is 1. The largest absolute Gasteiger partial charge is 0.393 e. The molecule has 2 N–H and O–H groups in total. The molecule has 0 radical (unpaired) electrons. The van der Waals surface area contributed by atoms with Crippen molar-refractivity contribution < 1.29 is 9.90 Å². The predicted molar refractivity (Wildman–Crippen MR) is 85.7 cm³/mol. The van der Waals surface area contributed by atoms with Crippen molar-refractivity contribution in [3.05, 3.63) is 28.8 Å². The number of hydrogen-bond acceptors (Lipinski definition) is 3. The van der Waals surface area contributed by atoms with Crippen molar-refractivity contribution in [2.24, 2.45) is 5.92 Å². The van der Waals surface area contributed by atoms with Crippen LogP contribution >= 0.6 is 11.6 Å². The molecule has 1 saturated carbocycles. The van der Waals surface area contributed by atoms with E-state index in [0.29, 0.717) is 17.5 Å². The van der Waals surface area contributed by atoms with Gasteiger partial charge in [0.15, 0.2) is 0 Å². The third kappa shape index (κ3) is 4.70. The SMILES string of the molecule is Cc1cc(Cl)ccc1NC(=O)CN(C)CC1CCCC1O. The molecule has 0 aromatic heterocycles. The van der Waals surface area contributed by atoms with Gasteiger partial charge in [-0.2, -0.15) is 0 Å². The molecule has 1 aliphatic rings. The molecule has 5 heteroatoms. The minimum Gasteiger partial charge on any atom is -0.393 e. The van der Waals surface area contributed by atoms with Gasteiger partial charge in [0, 0.05) is 17.3 Å². The first-order chi connectivity index (χ1) is 9.95. The van der Waals surface area contributed by atoms with Crippen molar-refractivity contribution in [3.8, 4) is 0 Å². The van der Waals surface area contributed by atoms with Crippen LogP contribution in [0.15, 0.2) is 18.2 Å². The van der Waals surface area contributed by atoms with Gasteiger partial charge in [-0.05, 0) is 56.5 Å². The van der Waals surface area contributed by atoms with E-state index in [1.807, 2.05) is 31.0 Å². The Morgan fingerprint density at radius 1 is 1.48 bits per heavy atom. The molecule has 4 nitrogen and oxygen atoms in total. The van der Waals surface area contributed by atoms with Gasteiger partial charge in [0.1, 0.15) is 0 Å². The first-order valence-electron chi connectivity index (χ1n) is 7.38. The second kappa shape index (κ2) is 7.25. The lowest BCUT2D eigenvalue weighted by Gasteiger charge is -2.22. The van der Waals surface area contributed by atoms with E-state index >= 15 is 0 Å². The van der Waals surface area contributed by atoms with E-state index < -0.39 is 0 Å². The van der Waals surface area contributed by atoms with Gasteiger partial charge in [0.25, 0.3) is 0 Å². The average Bonchev–Trinajstić information content (AvgIpc) is 2.78. The lowest BCUT2D eigenvalue weighted by Crippen LogP contribution is -2.35. The summed E-state index contributed by atoms with van der Waals surface area (Å²) < 4.78 is 0. The number of anilines is 1. The van der Waals surface area contributed by atoms with Crippen molar-refractivity contribution in [2.45, 2.75) is 32.3 Å². The lowest BCUT2D eigenvalue weighted by molar-refractivity contribution is -0.117. The third-order valence-electron chi connectivity index (χ3n) is 4.04. The minimum absolute atomic E-state index is 0.0459. The summed E-state index contributed by atoms with van der Waals surface area (Å²) in [7, 11) is 1.92. The van der Waals surface area contributed by atoms with Gasteiger partial charge in [-0.3, -0.25) is 9.69 Å². The number of hydrogen-bond donors (Lipinski definition) is 2. The maximum Gasteiger partial charge on any atom is 0.238 e. The highest BCUT2D eigenvalue weighted by molar-refractivity contribution is 6.30. The molecule has 0 spiro atoms. The minimum atomic E-state index is -0.214. The van der Waals surface area contributed by atoms with Crippen molar-refractivity contribution in [3.63, 3.8) is 0 Å². The summed E-state index contributed by atoms with van der Waals surface area (Å²) in [6, 6.07) is 5.41. The van der Waals surface area contributed by atoms with Crippen LogP contribution in [-0.2, 0) is 4.79 Å². The first kappa shape index (κ1) is 16.3. The monoisotopic (exact) mass is 310 g/mol. The summed E-state index contributed by atoms with van der Waals surface area (Å²) in [5.74, 6) is 0.246. The molecular formula is C16H23ClN2O2. The van der Waals surface area contributed by atoms with Gasteiger partial charge in [0.05, 0.1) is 12.6 Å². The number of likely N-dealkylation sites (N-methyl/N-ethyl adjacent to an activating group) is 1. The molecule has 1 aromatic rings. The van der Waals surface area contributed by atoms with Crippen LogP contribution in [0.1, 0.15) is 24.8 Å². The Labute approximate surface area is 131 Å². The number of aliphatic hydroxyl groups excluding tert-OH is 1. The van der Waals surface area contributed by atoms with Gasteiger partial charge in [0.2, 0.25) is 5.91 Å². The Balaban J connectivity index is 1.83. The highest BCUT2D eigenvalue weighted by atomic mass is 35.5. The third-order valence-corrected chi connectivity index (χ3v) is 4.28. The zero-order valence-corrected chi connectivity index (χ0v) is 13.4. The van der Waals surface area contributed by atoms with E-state index in [2.05, 4.69) is 5.32 Å². The predicted octanol–water partition coefficient (Wildman–Crippen LogP) is 2.68. The van der Waals surface area contributed by atoms with Crippen LogP contribution in [0.25, 0.3) is 0 Å². The summed E-state index contributed by atoms with van der Waals surface area (Å²) in [6.07, 6.45) is 2.79. The van der Waals surface area contributed by atoms with Crippen molar-refractivity contribution >= 4 is 23.2 Å². The zero-order valence-electron chi connectivity index (χ0n) is 12.6. The normalized spacial score (nSPS) is 21.8. The van der Waals surface area contributed by atoms with Gasteiger partial charge in [-0.1, -0.05) is 18.0 Å². The Morgan fingerprint density at radius 3 is 2.86 bits per heavy atom. The molecule has 0 bridgehead atoms. The highest BCUT2D eigenvalue weighted by Gasteiger charge is 2.26. The molecule has 21 heavy (non-hydrogen) atoms. The standard InChI is InChI=1S/C16H23ClN2O2/c1-11-8-13(17)6-7-14(11)18-16(21)10-19(2)9-12-4-3-5-15(12)20/h6-8,12,15,20H,3-5,9-10H2,1-2H3,(H,18,21). The van der Waals surface area contributed by atoms with E-state index in [-0.39, 0.29) is 12.0 Å². The molecule has 2 rings (SSSR count). The maximum atomic E-state index is 12.1. The van der Waals surface area contributed by atoms with Crippen LogP contribution in [0.5, 0.6) is 0 Å². The average molecular weight is 311 g/mol. The summed E-state index contributed by atoms with van der Waals surface area (Å²) in [6.45, 7) is 3.00. The molecule has 2 unspecified atom stereocenters. The van der Waals surface area contributed by atoms with E-state index in [0.717, 1.165) is 37.1 Å². The van der Waals surface area contributed by atoms with E-state index in [1.165, 1.54) is 0 Å². The number of aliphatic hydroxyl groups is 1. The summed E-state index contributed by atoms with van der Waals surface area (Å²) in [5.41, 5.74) is 1.74. The van der Waals surface area contributed by atoms with E-state index in [4.69, 9.17) is 11.6 Å². The Hall–Kier alpha value is -1.10. The highest BCUT2D eigenvalue weighted by Crippen LogP contribution is 2.26. The van der Waals surface area contributed by atoms with Crippen LogP contribution < -0.4 is 5.32 Å². The maximum absolute atomic E-state index is 12.1. The quantitative estimate of drug-likeness (QED) is 0.879. The van der Waals surface area contributed by atoms with Crippen LogP contribution in [0, 0.1) is 12.8 Å². The summed E-state index contributed by atoms with van der Waals surface area (Å²) in [5, 5.41) is 13.4. The molecule has 2 atom stereocenters. The zero-order chi connectivity index (χ0) is 15.4. The van der Waals surface area contributed by atoms with E-state index in [1.54, 1.807) is 6.07 Å². The Kier molecular flexibility index (Phi) is 5.62. The fraction of sp³-hybridized carbons (Fsp3) is 0.562. The summed E-state index contributed by atoms with van der Waals surface area (Å²) >= 11 is 5.90. The van der Waals surface area contributed by atoms with Crippen molar-refractivity contribution in [1.82, 2.24) is 4.90 Å². The fourth-order valence-electron chi connectivity index (χ4n) is 2.90. The number of halogens is 1. The van der Waals surface area contributed by atoms with Gasteiger partial charge >= 0.3 is 0 Å².